The molecule has 2 rings (SSSR count). The fourth-order valence-electron chi connectivity index (χ4n) is 3.47. The van der Waals surface area contributed by atoms with E-state index in [-0.39, 0.29) is 17.7 Å². The van der Waals surface area contributed by atoms with Gasteiger partial charge >= 0.3 is 11.9 Å². The van der Waals surface area contributed by atoms with Crippen LogP contribution in [0.5, 0.6) is 5.75 Å². The lowest BCUT2D eigenvalue weighted by molar-refractivity contribution is -0.134. The van der Waals surface area contributed by atoms with Crippen molar-refractivity contribution in [3.05, 3.63) is 77.9 Å². The Hall–Kier alpha value is -3.21. The smallest absolute Gasteiger partial charge is 0.338 e. The molecule has 0 fully saturated rings. The van der Waals surface area contributed by atoms with Crippen molar-refractivity contribution < 1.29 is 23.9 Å². The van der Waals surface area contributed by atoms with Crippen LogP contribution < -0.4 is 4.74 Å². The summed E-state index contributed by atoms with van der Waals surface area (Å²) in [5, 5.41) is 0. The number of benzene rings is 2. The van der Waals surface area contributed by atoms with Crippen molar-refractivity contribution in [3.63, 3.8) is 0 Å². The number of carbonyl (C=O) groups excluding carboxylic acids is 3. The van der Waals surface area contributed by atoms with E-state index < -0.39 is 0 Å². The predicted octanol–water partition coefficient (Wildman–Crippen LogP) is 7.33. The molecule has 188 valence electrons. The van der Waals surface area contributed by atoms with Crippen LogP contribution >= 0.6 is 0 Å². The topological polar surface area (TPSA) is 69.7 Å². The first-order valence-corrected chi connectivity index (χ1v) is 12.7. The van der Waals surface area contributed by atoms with Gasteiger partial charge in [-0.25, -0.2) is 4.79 Å². The lowest BCUT2D eigenvalue weighted by Gasteiger charge is -2.10. The minimum atomic E-state index is -0.390. The van der Waals surface area contributed by atoms with E-state index in [1.54, 1.807) is 48.5 Å². The standard InChI is InChI=1S/C30H38O5/c1-4-6-7-8-9-10-11-12-13-28(31)35-27-20-18-25(19-21-27)29(32)24-14-16-26(17-15-24)30(33)34-22-23(3)5-2/h4,14-21,23H,1,5-13,22H2,2-3H3/t23-/m0/s1. The molecule has 2 aromatic carbocycles. The summed E-state index contributed by atoms with van der Waals surface area (Å²) in [6.07, 6.45) is 10.9. The number of ketones is 1. The Morgan fingerprint density at radius 3 is 1.97 bits per heavy atom. The summed E-state index contributed by atoms with van der Waals surface area (Å²) >= 11 is 0. The number of rotatable bonds is 16. The van der Waals surface area contributed by atoms with Crippen molar-refractivity contribution in [2.45, 2.75) is 71.6 Å². The fourth-order valence-corrected chi connectivity index (χ4v) is 3.47. The number of unbranched alkanes of at least 4 members (excludes halogenated alkanes) is 6. The van der Waals surface area contributed by atoms with Gasteiger partial charge in [-0.2, -0.15) is 0 Å². The van der Waals surface area contributed by atoms with Crippen LogP contribution in [0.25, 0.3) is 0 Å². The Bertz CT molecular complexity index is 944. The molecule has 0 bridgehead atoms. The molecule has 0 spiro atoms. The van der Waals surface area contributed by atoms with Crippen LogP contribution in [0.15, 0.2) is 61.2 Å². The second-order valence-corrected chi connectivity index (χ2v) is 8.97. The van der Waals surface area contributed by atoms with Crippen molar-refractivity contribution in [2.24, 2.45) is 5.92 Å². The summed E-state index contributed by atoms with van der Waals surface area (Å²) in [4.78, 5) is 37.0. The van der Waals surface area contributed by atoms with E-state index in [2.05, 4.69) is 6.58 Å². The summed E-state index contributed by atoms with van der Waals surface area (Å²) in [7, 11) is 0. The molecule has 0 aromatic heterocycles. The number of carbonyl (C=O) groups is 3. The van der Waals surface area contributed by atoms with Gasteiger partial charge in [-0.15, -0.1) is 6.58 Å². The molecule has 5 heteroatoms. The van der Waals surface area contributed by atoms with E-state index in [9.17, 15) is 14.4 Å². The summed E-state index contributed by atoms with van der Waals surface area (Å²) in [6.45, 7) is 8.18. The monoisotopic (exact) mass is 478 g/mol. The SMILES string of the molecule is C=CCCCCCCCCC(=O)Oc1ccc(C(=O)c2ccc(C(=O)OC[C@@H](C)CC)cc2)cc1. The summed E-state index contributed by atoms with van der Waals surface area (Å²) in [5.74, 6) is -0.0825. The molecule has 0 unspecified atom stereocenters. The summed E-state index contributed by atoms with van der Waals surface area (Å²) < 4.78 is 10.7. The van der Waals surface area contributed by atoms with E-state index >= 15 is 0 Å². The first-order valence-electron chi connectivity index (χ1n) is 12.7. The van der Waals surface area contributed by atoms with Gasteiger partial charge in [0.25, 0.3) is 0 Å². The second kappa shape index (κ2) is 15.6. The molecule has 0 saturated carbocycles. The fraction of sp³-hybridized carbons (Fsp3) is 0.433. The van der Waals surface area contributed by atoms with E-state index in [1.807, 2.05) is 19.9 Å². The van der Waals surface area contributed by atoms with Crippen LogP contribution in [-0.2, 0) is 9.53 Å². The quantitative estimate of drug-likeness (QED) is 0.0830. The summed E-state index contributed by atoms with van der Waals surface area (Å²) in [6, 6.07) is 13.0. The van der Waals surface area contributed by atoms with Crippen molar-refractivity contribution in [1.29, 1.82) is 0 Å². The zero-order valence-electron chi connectivity index (χ0n) is 21.1. The van der Waals surface area contributed by atoms with Gasteiger partial charge in [0, 0.05) is 17.5 Å². The van der Waals surface area contributed by atoms with Gasteiger partial charge in [0.1, 0.15) is 5.75 Å². The van der Waals surface area contributed by atoms with Gasteiger partial charge in [0.2, 0.25) is 0 Å². The molecule has 0 N–H and O–H groups in total. The molecule has 0 aliphatic heterocycles. The Labute approximate surface area is 209 Å². The highest BCUT2D eigenvalue weighted by Gasteiger charge is 2.13. The molecular formula is C30H38O5. The lowest BCUT2D eigenvalue weighted by Crippen LogP contribution is -2.12. The molecule has 0 heterocycles. The maximum Gasteiger partial charge on any atom is 0.338 e. The third-order valence-electron chi connectivity index (χ3n) is 5.97. The van der Waals surface area contributed by atoms with Gasteiger partial charge in [-0.3, -0.25) is 9.59 Å². The van der Waals surface area contributed by atoms with Crippen molar-refractivity contribution in [3.8, 4) is 5.75 Å². The highest BCUT2D eigenvalue weighted by Crippen LogP contribution is 2.18. The average molecular weight is 479 g/mol. The Morgan fingerprint density at radius 1 is 0.829 bits per heavy atom. The first kappa shape index (κ1) is 28.0. The first-order chi connectivity index (χ1) is 16.9. The molecule has 0 saturated heterocycles. The molecular weight excluding hydrogens is 440 g/mol. The van der Waals surface area contributed by atoms with Crippen LogP contribution in [0.3, 0.4) is 0 Å². The third-order valence-corrected chi connectivity index (χ3v) is 5.97. The van der Waals surface area contributed by atoms with Gasteiger partial charge in [-0.05, 0) is 61.6 Å². The van der Waals surface area contributed by atoms with Gasteiger partial charge in [-0.1, -0.05) is 64.2 Å². The van der Waals surface area contributed by atoms with E-state index in [4.69, 9.17) is 9.47 Å². The molecule has 35 heavy (non-hydrogen) atoms. The van der Waals surface area contributed by atoms with Gasteiger partial charge < -0.3 is 9.47 Å². The molecule has 2 aromatic rings. The van der Waals surface area contributed by atoms with Crippen LogP contribution in [0.2, 0.25) is 0 Å². The minimum absolute atomic E-state index is 0.171. The van der Waals surface area contributed by atoms with E-state index in [1.165, 1.54) is 19.3 Å². The normalized spacial score (nSPS) is 11.5. The van der Waals surface area contributed by atoms with Crippen molar-refractivity contribution in [1.82, 2.24) is 0 Å². The minimum Gasteiger partial charge on any atom is -0.462 e. The highest BCUT2D eigenvalue weighted by molar-refractivity contribution is 6.09. The largest absolute Gasteiger partial charge is 0.462 e. The van der Waals surface area contributed by atoms with Crippen molar-refractivity contribution in [2.75, 3.05) is 6.61 Å². The zero-order chi connectivity index (χ0) is 25.5. The van der Waals surface area contributed by atoms with Crippen molar-refractivity contribution >= 4 is 17.7 Å². The number of hydrogen-bond donors (Lipinski definition) is 0. The van der Waals surface area contributed by atoms with Crippen LogP contribution in [0.1, 0.15) is 97.9 Å². The van der Waals surface area contributed by atoms with Crippen LogP contribution in [-0.4, -0.2) is 24.3 Å². The third kappa shape index (κ3) is 10.3. The van der Waals surface area contributed by atoms with Gasteiger partial charge in [0.05, 0.1) is 12.2 Å². The Balaban J connectivity index is 1.78. The number of hydrogen-bond acceptors (Lipinski definition) is 5. The van der Waals surface area contributed by atoms with Crippen LogP contribution in [0, 0.1) is 5.92 Å². The predicted molar refractivity (Wildman–Crippen MR) is 139 cm³/mol. The molecule has 1 atom stereocenters. The zero-order valence-corrected chi connectivity index (χ0v) is 21.1. The second-order valence-electron chi connectivity index (χ2n) is 8.97. The molecule has 0 aliphatic carbocycles. The average Bonchev–Trinajstić information content (AvgIpc) is 2.88. The maximum absolute atomic E-state index is 12.8. The summed E-state index contributed by atoms with van der Waals surface area (Å²) in [5.41, 5.74) is 1.37. The Morgan fingerprint density at radius 2 is 1.37 bits per heavy atom. The van der Waals surface area contributed by atoms with Crippen LogP contribution in [0.4, 0.5) is 0 Å². The number of allylic oxidation sites excluding steroid dienone is 1. The van der Waals surface area contributed by atoms with E-state index in [0.29, 0.717) is 41.4 Å². The number of esters is 2. The highest BCUT2D eigenvalue weighted by atomic mass is 16.5. The molecule has 0 radical (unpaired) electrons. The lowest BCUT2D eigenvalue weighted by atomic mass is 10.0. The Kier molecular flexibility index (Phi) is 12.5. The molecule has 0 amide bonds. The van der Waals surface area contributed by atoms with Gasteiger partial charge in [0.15, 0.2) is 5.78 Å². The maximum atomic E-state index is 12.8. The number of ether oxygens (including phenoxy) is 2. The molecule has 5 nitrogen and oxygen atoms in total. The molecule has 0 aliphatic rings. The van der Waals surface area contributed by atoms with E-state index in [0.717, 1.165) is 32.1 Å².